The molecule has 1 saturated heterocycles. The van der Waals surface area contributed by atoms with E-state index in [1.165, 1.54) is 0 Å². The van der Waals surface area contributed by atoms with E-state index in [1.54, 1.807) is 18.4 Å². The van der Waals surface area contributed by atoms with Crippen LogP contribution in [0.5, 0.6) is 0 Å². The molecule has 1 unspecified atom stereocenters. The van der Waals surface area contributed by atoms with Crippen molar-refractivity contribution in [2.24, 2.45) is 0 Å². The number of hydrogen-bond acceptors (Lipinski definition) is 5. The molecule has 6 nitrogen and oxygen atoms in total. The molecule has 0 spiro atoms. The average Bonchev–Trinajstić information content (AvgIpc) is 3.20. The minimum Gasteiger partial charge on any atom is -0.468 e. The third-order valence-corrected chi connectivity index (χ3v) is 4.04. The fraction of sp³-hybridized carbons (Fsp3) is 0.400. The first-order chi connectivity index (χ1) is 10.7. The molecule has 0 saturated carbocycles. The van der Waals surface area contributed by atoms with Crippen LogP contribution >= 0.6 is 15.9 Å². The highest BCUT2D eigenvalue weighted by Gasteiger charge is 2.25. The summed E-state index contributed by atoms with van der Waals surface area (Å²) in [7, 11) is 0. The first kappa shape index (κ1) is 15.3. The van der Waals surface area contributed by atoms with Crippen LogP contribution < -0.4 is 5.32 Å². The summed E-state index contributed by atoms with van der Waals surface area (Å²) in [5, 5.41) is 2.90. The van der Waals surface area contributed by atoms with E-state index in [-0.39, 0.29) is 17.7 Å². The summed E-state index contributed by atoms with van der Waals surface area (Å²) in [5.74, 6) is 0.880. The van der Waals surface area contributed by atoms with Gasteiger partial charge in [0.15, 0.2) is 10.4 Å². The summed E-state index contributed by atoms with van der Waals surface area (Å²) in [6.45, 7) is 3.46. The fourth-order valence-corrected chi connectivity index (χ4v) is 2.80. The van der Waals surface area contributed by atoms with Crippen molar-refractivity contribution in [1.82, 2.24) is 10.2 Å². The van der Waals surface area contributed by atoms with E-state index in [0.717, 1.165) is 18.8 Å². The van der Waals surface area contributed by atoms with Crippen LogP contribution in [-0.2, 0) is 4.74 Å². The number of carbonyl (C=O) groups excluding carboxylic acids is 1. The van der Waals surface area contributed by atoms with Crippen molar-refractivity contribution in [3.8, 4) is 0 Å². The number of hydrogen-bond donors (Lipinski definition) is 1. The quantitative estimate of drug-likeness (QED) is 0.877. The van der Waals surface area contributed by atoms with Gasteiger partial charge in [-0.3, -0.25) is 9.69 Å². The minimum atomic E-state index is -0.240. The van der Waals surface area contributed by atoms with Crippen LogP contribution in [0.1, 0.15) is 22.4 Å². The van der Waals surface area contributed by atoms with E-state index >= 15 is 0 Å². The Hall–Kier alpha value is -1.57. The zero-order chi connectivity index (χ0) is 15.4. The topological polar surface area (TPSA) is 67.9 Å². The summed E-state index contributed by atoms with van der Waals surface area (Å²) in [6.07, 6.45) is 1.65. The molecule has 7 heteroatoms. The molecule has 1 aliphatic heterocycles. The number of halogens is 1. The van der Waals surface area contributed by atoms with Gasteiger partial charge in [-0.25, -0.2) is 0 Å². The lowest BCUT2D eigenvalue weighted by Gasteiger charge is -2.33. The Bertz CT molecular complexity index is 605. The first-order valence-corrected chi connectivity index (χ1v) is 7.92. The normalized spacial score (nSPS) is 17.3. The van der Waals surface area contributed by atoms with Crippen molar-refractivity contribution in [2.45, 2.75) is 6.04 Å². The Morgan fingerprint density at radius 1 is 1.32 bits per heavy atom. The summed E-state index contributed by atoms with van der Waals surface area (Å²) >= 11 is 3.19. The molecular formula is C15H17BrN2O4. The highest BCUT2D eigenvalue weighted by molar-refractivity contribution is 9.10. The van der Waals surface area contributed by atoms with E-state index in [1.807, 2.05) is 12.1 Å². The average molecular weight is 369 g/mol. The molecular weight excluding hydrogens is 352 g/mol. The summed E-state index contributed by atoms with van der Waals surface area (Å²) in [4.78, 5) is 14.4. The Balaban J connectivity index is 1.66. The molecule has 22 heavy (non-hydrogen) atoms. The summed E-state index contributed by atoms with van der Waals surface area (Å²) in [5.41, 5.74) is 0. The van der Waals surface area contributed by atoms with Gasteiger partial charge in [0.25, 0.3) is 5.91 Å². The largest absolute Gasteiger partial charge is 0.468 e. The third kappa shape index (κ3) is 3.60. The van der Waals surface area contributed by atoms with Crippen molar-refractivity contribution in [1.29, 1.82) is 0 Å². The van der Waals surface area contributed by atoms with Crippen molar-refractivity contribution < 1.29 is 18.4 Å². The predicted molar refractivity (Wildman–Crippen MR) is 82.6 cm³/mol. The molecule has 1 aliphatic rings. The maximum atomic E-state index is 12.1. The van der Waals surface area contributed by atoms with E-state index < -0.39 is 0 Å². The highest BCUT2D eigenvalue weighted by atomic mass is 79.9. The van der Waals surface area contributed by atoms with Crippen LogP contribution in [0.15, 0.2) is 44.0 Å². The predicted octanol–water partition coefficient (Wildman–Crippen LogP) is 2.44. The van der Waals surface area contributed by atoms with Gasteiger partial charge >= 0.3 is 0 Å². The number of rotatable bonds is 5. The summed E-state index contributed by atoms with van der Waals surface area (Å²) < 4.78 is 16.7. The molecule has 3 heterocycles. The number of carbonyl (C=O) groups is 1. The van der Waals surface area contributed by atoms with E-state index in [2.05, 4.69) is 26.1 Å². The Kier molecular flexibility index (Phi) is 4.97. The van der Waals surface area contributed by atoms with E-state index in [4.69, 9.17) is 13.6 Å². The van der Waals surface area contributed by atoms with Crippen LogP contribution in [0.2, 0.25) is 0 Å². The van der Waals surface area contributed by atoms with Crippen LogP contribution in [0.25, 0.3) is 0 Å². The molecule has 3 rings (SSSR count). The van der Waals surface area contributed by atoms with Crippen LogP contribution in [-0.4, -0.2) is 43.7 Å². The number of furan rings is 2. The molecule has 2 aromatic rings. The van der Waals surface area contributed by atoms with Crippen LogP contribution in [0.4, 0.5) is 0 Å². The van der Waals surface area contributed by atoms with Gasteiger partial charge in [0.2, 0.25) is 0 Å². The van der Waals surface area contributed by atoms with E-state index in [0.29, 0.717) is 24.4 Å². The van der Waals surface area contributed by atoms with Gasteiger partial charge in [0.1, 0.15) is 5.76 Å². The number of morpholine rings is 1. The fourth-order valence-electron chi connectivity index (χ4n) is 2.49. The van der Waals surface area contributed by atoms with Gasteiger partial charge in [0.05, 0.1) is 25.5 Å². The second kappa shape index (κ2) is 7.13. The number of nitrogens with zero attached hydrogens (tertiary/aromatic N) is 1. The monoisotopic (exact) mass is 368 g/mol. The standard InChI is InChI=1S/C15H17BrN2O4/c16-14-4-3-13(22-14)15(19)17-10-11(12-2-1-7-21-12)18-5-8-20-9-6-18/h1-4,7,11H,5-6,8-10H2,(H,17,19). The SMILES string of the molecule is O=C(NCC(c1ccco1)N1CCOCC1)c1ccc(Br)o1. The van der Waals surface area contributed by atoms with Gasteiger partial charge in [-0.2, -0.15) is 0 Å². The molecule has 1 atom stereocenters. The molecule has 0 aliphatic carbocycles. The zero-order valence-corrected chi connectivity index (χ0v) is 13.5. The molecule has 1 fully saturated rings. The molecule has 0 radical (unpaired) electrons. The number of ether oxygens (including phenoxy) is 1. The summed E-state index contributed by atoms with van der Waals surface area (Å²) in [6, 6.07) is 7.10. The molecule has 1 N–H and O–H groups in total. The minimum absolute atomic E-state index is 0.0127. The first-order valence-electron chi connectivity index (χ1n) is 7.13. The van der Waals surface area contributed by atoms with Gasteiger partial charge in [-0.15, -0.1) is 0 Å². The number of amides is 1. The van der Waals surface area contributed by atoms with Crippen molar-refractivity contribution in [2.75, 3.05) is 32.8 Å². The Morgan fingerprint density at radius 2 is 2.14 bits per heavy atom. The lowest BCUT2D eigenvalue weighted by atomic mass is 10.1. The zero-order valence-electron chi connectivity index (χ0n) is 12.0. The molecule has 2 aromatic heterocycles. The van der Waals surface area contributed by atoms with Crippen molar-refractivity contribution >= 4 is 21.8 Å². The lowest BCUT2D eigenvalue weighted by molar-refractivity contribution is 0.0117. The van der Waals surface area contributed by atoms with Crippen LogP contribution in [0.3, 0.4) is 0 Å². The molecule has 1 amide bonds. The van der Waals surface area contributed by atoms with Gasteiger partial charge < -0.3 is 18.9 Å². The van der Waals surface area contributed by atoms with Gasteiger partial charge in [0, 0.05) is 19.6 Å². The lowest BCUT2D eigenvalue weighted by Crippen LogP contribution is -2.43. The molecule has 118 valence electrons. The van der Waals surface area contributed by atoms with Gasteiger partial charge in [-0.05, 0) is 40.2 Å². The second-order valence-corrected chi connectivity index (χ2v) is 5.77. The van der Waals surface area contributed by atoms with Crippen molar-refractivity contribution in [3.63, 3.8) is 0 Å². The number of nitrogens with one attached hydrogen (secondary N) is 1. The van der Waals surface area contributed by atoms with Crippen LogP contribution in [0, 0.1) is 0 Å². The third-order valence-electron chi connectivity index (χ3n) is 3.61. The van der Waals surface area contributed by atoms with E-state index in [9.17, 15) is 4.79 Å². The second-order valence-electron chi connectivity index (χ2n) is 4.99. The van der Waals surface area contributed by atoms with Gasteiger partial charge in [-0.1, -0.05) is 0 Å². The Labute approximate surface area is 136 Å². The van der Waals surface area contributed by atoms with Crippen molar-refractivity contribution in [3.05, 3.63) is 46.7 Å². The maximum absolute atomic E-state index is 12.1. The Morgan fingerprint density at radius 3 is 2.77 bits per heavy atom. The highest BCUT2D eigenvalue weighted by Crippen LogP contribution is 2.22. The smallest absolute Gasteiger partial charge is 0.287 e. The maximum Gasteiger partial charge on any atom is 0.287 e. The molecule has 0 aromatic carbocycles. The molecule has 0 bridgehead atoms.